The Morgan fingerprint density at radius 3 is 2.29 bits per heavy atom. The zero-order chi connectivity index (χ0) is 8.97. The molecule has 1 rings (SSSR count). The highest BCUT2D eigenvalue weighted by atomic mass is 35.5. The third-order valence-corrected chi connectivity index (χ3v) is 2.57. The van der Waals surface area contributed by atoms with Gasteiger partial charge in [-0.3, -0.25) is 5.41 Å². The Bertz CT molecular complexity index is 156. The Balaban J connectivity index is 0. The van der Waals surface area contributed by atoms with Crippen molar-refractivity contribution in [3.8, 4) is 0 Å². The summed E-state index contributed by atoms with van der Waals surface area (Å²) < 4.78 is 0. The zero-order valence-electron chi connectivity index (χ0n) is 8.66. The molecule has 0 spiro atoms. The van der Waals surface area contributed by atoms with Gasteiger partial charge >= 0.3 is 0 Å². The van der Waals surface area contributed by atoms with E-state index in [0.717, 1.165) is 18.9 Å². The highest BCUT2D eigenvalue weighted by Gasteiger charge is 2.14. The maximum absolute atomic E-state index is 7.10. The molecule has 0 bridgehead atoms. The summed E-state index contributed by atoms with van der Waals surface area (Å²) in [6.45, 7) is 5.66. The Hall–Kier alpha value is 0.01000. The van der Waals surface area contributed by atoms with Crippen molar-refractivity contribution < 1.29 is 0 Å². The molecule has 86 valence electrons. The fourth-order valence-electron chi connectivity index (χ4n) is 1.56. The summed E-state index contributed by atoms with van der Waals surface area (Å²) in [5.41, 5.74) is 5.29. The summed E-state index contributed by atoms with van der Waals surface area (Å²) >= 11 is 0. The molecule has 0 aromatic carbocycles. The molecule has 0 atom stereocenters. The number of nitrogens with one attached hydrogen (secondary N) is 1. The van der Waals surface area contributed by atoms with Gasteiger partial charge in [0, 0.05) is 13.0 Å². The molecule has 1 aliphatic rings. The quantitative estimate of drug-likeness (QED) is 0.586. The molecule has 1 aliphatic heterocycles. The normalized spacial score (nSPS) is 18.1. The SMILES string of the molecule is CC1CCN(CCC(=N)N)CC1.Cl.Cl. The lowest BCUT2D eigenvalue weighted by atomic mass is 9.99. The third kappa shape index (κ3) is 6.46. The second-order valence-electron chi connectivity index (χ2n) is 3.80. The van der Waals surface area contributed by atoms with Crippen LogP contribution in [0.2, 0.25) is 0 Å². The van der Waals surface area contributed by atoms with Gasteiger partial charge < -0.3 is 10.6 Å². The van der Waals surface area contributed by atoms with Crippen LogP contribution in [0.4, 0.5) is 0 Å². The Morgan fingerprint density at radius 1 is 1.36 bits per heavy atom. The smallest absolute Gasteiger partial charge is 0.0918 e. The van der Waals surface area contributed by atoms with Crippen LogP contribution in [0.3, 0.4) is 0 Å². The van der Waals surface area contributed by atoms with E-state index in [4.69, 9.17) is 11.1 Å². The van der Waals surface area contributed by atoms with Gasteiger partial charge in [-0.25, -0.2) is 0 Å². The van der Waals surface area contributed by atoms with Gasteiger partial charge in [0.15, 0.2) is 0 Å². The van der Waals surface area contributed by atoms with Crippen molar-refractivity contribution in [1.82, 2.24) is 4.90 Å². The van der Waals surface area contributed by atoms with Crippen molar-refractivity contribution in [2.45, 2.75) is 26.2 Å². The van der Waals surface area contributed by atoms with E-state index in [1.807, 2.05) is 0 Å². The largest absolute Gasteiger partial charge is 0.388 e. The summed E-state index contributed by atoms with van der Waals surface area (Å²) in [7, 11) is 0. The number of amidine groups is 1. The van der Waals surface area contributed by atoms with Crippen molar-refractivity contribution in [3.05, 3.63) is 0 Å². The second-order valence-corrected chi connectivity index (χ2v) is 3.80. The van der Waals surface area contributed by atoms with E-state index in [9.17, 15) is 0 Å². The lowest BCUT2D eigenvalue weighted by Gasteiger charge is -2.29. The fraction of sp³-hybridized carbons (Fsp3) is 0.889. The number of nitrogens with two attached hydrogens (primary N) is 1. The molecule has 1 fully saturated rings. The Kier molecular flexibility index (Phi) is 9.78. The summed E-state index contributed by atoms with van der Waals surface area (Å²) in [6.07, 6.45) is 3.34. The van der Waals surface area contributed by atoms with Gasteiger partial charge in [-0.2, -0.15) is 0 Å². The van der Waals surface area contributed by atoms with Crippen molar-refractivity contribution in [3.63, 3.8) is 0 Å². The van der Waals surface area contributed by atoms with Gasteiger partial charge in [0.05, 0.1) is 5.84 Å². The van der Waals surface area contributed by atoms with Gasteiger partial charge in [0.25, 0.3) is 0 Å². The molecule has 0 amide bonds. The van der Waals surface area contributed by atoms with Gasteiger partial charge in [-0.15, -0.1) is 24.8 Å². The number of hydrogen-bond acceptors (Lipinski definition) is 2. The summed E-state index contributed by atoms with van der Waals surface area (Å²) in [5.74, 6) is 1.20. The molecule has 5 heteroatoms. The number of hydrogen-bond donors (Lipinski definition) is 2. The molecule has 0 aliphatic carbocycles. The van der Waals surface area contributed by atoms with Crippen LogP contribution in [0.1, 0.15) is 26.2 Å². The van der Waals surface area contributed by atoms with Crippen molar-refractivity contribution in [2.24, 2.45) is 11.7 Å². The molecule has 14 heavy (non-hydrogen) atoms. The molecule has 0 aromatic rings. The minimum Gasteiger partial charge on any atom is -0.388 e. The molecule has 1 saturated heterocycles. The van der Waals surface area contributed by atoms with Crippen molar-refractivity contribution in [1.29, 1.82) is 5.41 Å². The first-order chi connectivity index (χ1) is 5.68. The molecule has 0 unspecified atom stereocenters. The van der Waals surface area contributed by atoms with E-state index in [1.54, 1.807) is 0 Å². The minimum absolute atomic E-state index is 0. The number of nitrogens with zero attached hydrogens (tertiary/aromatic N) is 1. The summed E-state index contributed by atoms with van der Waals surface area (Å²) in [6, 6.07) is 0. The zero-order valence-corrected chi connectivity index (χ0v) is 10.3. The number of piperidine rings is 1. The van der Waals surface area contributed by atoms with Crippen LogP contribution < -0.4 is 5.73 Å². The highest BCUT2D eigenvalue weighted by molar-refractivity contribution is 5.85. The molecular weight excluding hydrogens is 221 g/mol. The van der Waals surface area contributed by atoms with Crippen LogP contribution in [0.5, 0.6) is 0 Å². The van der Waals surface area contributed by atoms with E-state index >= 15 is 0 Å². The monoisotopic (exact) mass is 241 g/mol. The van der Waals surface area contributed by atoms with Crippen LogP contribution in [0.25, 0.3) is 0 Å². The van der Waals surface area contributed by atoms with E-state index in [2.05, 4.69) is 11.8 Å². The van der Waals surface area contributed by atoms with Gasteiger partial charge in [-0.1, -0.05) is 6.92 Å². The average molecular weight is 242 g/mol. The fourth-order valence-corrected chi connectivity index (χ4v) is 1.56. The van der Waals surface area contributed by atoms with Crippen LogP contribution in [0, 0.1) is 11.3 Å². The first-order valence-electron chi connectivity index (χ1n) is 4.73. The lowest BCUT2D eigenvalue weighted by molar-refractivity contribution is 0.197. The Morgan fingerprint density at radius 2 is 1.86 bits per heavy atom. The average Bonchev–Trinajstić information content (AvgIpc) is 2.03. The highest BCUT2D eigenvalue weighted by Crippen LogP contribution is 2.15. The molecule has 0 radical (unpaired) electrons. The number of halogens is 2. The molecule has 3 N–H and O–H groups in total. The number of likely N-dealkylation sites (tertiary alicyclic amines) is 1. The van der Waals surface area contributed by atoms with Crippen molar-refractivity contribution in [2.75, 3.05) is 19.6 Å². The number of rotatable bonds is 3. The van der Waals surface area contributed by atoms with Crippen LogP contribution in [0.15, 0.2) is 0 Å². The first kappa shape index (κ1) is 16.4. The van der Waals surface area contributed by atoms with E-state index in [0.29, 0.717) is 5.84 Å². The van der Waals surface area contributed by atoms with Crippen LogP contribution >= 0.6 is 24.8 Å². The maximum Gasteiger partial charge on any atom is 0.0918 e. The minimum atomic E-state index is 0. The molecular formula is C9H21Cl2N3. The topological polar surface area (TPSA) is 53.1 Å². The Labute approximate surface area is 98.7 Å². The summed E-state index contributed by atoms with van der Waals surface area (Å²) in [5, 5.41) is 7.10. The van der Waals surface area contributed by atoms with Crippen molar-refractivity contribution >= 4 is 30.6 Å². The lowest BCUT2D eigenvalue weighted by Crippen LogP contribution is -2.35. The second kappa shape index (κ2) is 8.33. The summed E-state index contributed by atoms with van der Waals surface area (Å²) in [4.78, 5) is 2.40. The molecule has 0 aromatic heterocycles. The predicted octanol–water partition coefficient (Wildman–Crippen LogP) is 1.89. The van der Waals surface area contributed by atoms with E-state index < -0.39 is 0 Å². The maximum atomic E-state index is 7.10. The van der Waals surface area contributed by atoms with Crippen LogP contribution in [-0.4, -0.2) is 30.4 Å². The third-order valence-electron chi connectivity index (χ3n) is 2.57. The van der Waals surface area contributed by atoms with E-state index in [-0.39, 0.29) is 24.8 Å². The molecule has 1 heterocycles. The van der Waals surface area contributed by atoms with Gasteiger partial charge in [0.2, 0.25) is 0 Å². The predicted molar refractivity (Wildman–Crippen MR) is 65.9 cm³/mol. The first-order valence-corrected chi connectivity index (χ1v) is 4.73. The van der Waals surface area contributed by atoms with Gasteiger partial charge in [0.1, 0.15) is 0 Å². The van der Waals surface area contributed by atoms with Crippen LogP contribution in [-0.2, 0) is 0 Å². The standard InChI is InChI=1S/C9H19N3.2ClH/c1-8-2-5-12(6-3-8)7-4-9(10)11;;/h8H,2-7H2,1H3,(H3,10,11);2*1H. The van der Waals surface area contributed by atoms with Gasteiger partial charge in [-0.05, 0) is 31.8 Å². The van der Waals surface area contributed by atoms with E-state index in [1.165, 1.54) is 25.9 Å². The molecule has 3 nitrogen and oxygen atoms in total. The molecule has 0 saturated carbocycles.